The van der Waals surface area contributed by atoms with Crippen molar-refractivity contribution in [2.24, 2.45) is 7.05 Å². The van der Waals surface area contributed by atoms with Gasteiger partial charge in [-0.15, -0.1) is 10.2 Å². The average molecular weight is 508 g/mol. The van der Waals surface area contributed by atoms with Gasteiger partial charge in [0.2, 0.25) is 5.95 Å². The quantitative estimate of drug-likeness (QED) is 0.487. The van der Waals surface area contributed by atoms with Crippen LogP contribution in [0.2, 0.25) is 0 Å². The van der Waals surface area contributed by atoms with Gasteiger partial charge in [0.15, 0.2) is 0 Å². The minimum atomic E-state index is -5.08. The highest BCUT2D eigenvalue weighted by Crippen LogP contribution is 2.31. The van der Waals surface area contributed by atoms with E-state index >= 15 is 0 Å². The van der Waals surface area contributed by atoms with Crippen molar-refractivity contribution in [3.63, 3.8) is 0 Å². The summed E-state index contributed by atoms with van der Waals surface area (Å²) in [6, 6.07) is 7.75. The molecule has 0 radical (unpaired) electrons. The van der Waals surface area contributed by atoms with Crippen LogP contribution in [0.15, 0.2) is 36.7 Å². The lowest BCUT2D eigenvalue weighted by atomic mass is 10.1. The Kier molecular flexibility index (Phi) is 7.82. The van der Waals surface area contributed by atoms with Crippen LogP contribution < -0.4 is 10.2 Å². The average Bonchev–Trinajstić information content (AvgIpc) is 3.41. The van der Waals surface area contributed by atoms with Crippen molar-refractivity contribution in [3.05, 3.63) is 36.7 Å². The second-order valence-electron chi connectivity index (χ2n) is 9.38. The predicted octanol–water partition coefficient (Wildman–Crippen LogP) is 3.24. The number of carboxylic acid groups (broad SMARTS) is 1. The largest absolute Gasteiger partial charge is 0.507 e. The highest BCUT2D eigenvalue weighted by atomic mass is 19.4. The SMILES string of the molecule is Cn1ccc(-c2ccc(-c3cnc(N4CCC(NC(C)(C)C)C4)nn3)c(O)c2)n1.O=C(O)C(F)(F)F. The fourth-order valence-electron chi connectivity index (χ4n) is 3.69. The lowest BCUT2D eigenvalue weighted by molar-refractivity contribution is -0.192. The molecule has 3 heterocycles. The van der Waals surface area contributed by atoms with Crippen LogP contribution in [0.25, 0.3) is 22.5 Å². The summed E-state index contributed by atoms with van der Waals surface area (Å²) in [6.07, 6.45) is -0.491. The lowest BCUT2D eigenvalue weighted by Crippen LogP contribution is -2.45. The number of aromatic nitrogens is 5. The van der Waals surface area contributed by atoms with Gasteiger partial charge in [0.25, 0.3) is 0 Å². The van der Waals surface area contributed by atoms with Crippen molar-refractivity contribution in [3.8, 4) is 28.3 Å². The molecule has 3 aromatic rings. The van der Waals surface area contributed by atoms with Crippen molar-refractivity contribution >= 4 is 11.9 Å². The van der Waals surface area contributed by atoms with Crippen molar-refractivity contribution in [1.29, 1.82) is 0 Å². The Balaban J connectivity index is 0.000000454. The molecule has 0 saturated carbocycles. The molecule has 1 unspecified atom stereocenters. The second-order valence-corrected chi connectivity index (χ2v) is 9.38. The number of phenols is 1. The summed E-state index contributed by atoms with van der Waals surface area (Å²) in [6.45, 7) is 8.29. The van der Waals surface area contributed by atoms with E-state index in [1.165, 1.54) is 0 Å². The van der Waals surface area contributed by atoms with E-state index in [2.05, 4.69) is 51.3 Å². The summed E-state index contributed by atoms with van der Waals surface area (Å²) in [5, 5.41) is 34.2. The van der Waals surface area contributed by atoms with Crippen LogP contribution in [0.5, 0.6) is 5.75 Å². The first-order chi connectivity index (χ1) is 16.7. The molecule has 3 N–H and O–H groups in total. The van der Waals surface area contributed by atoms with E-state index in [0.29, 0.717) is 23.2 Å². The van der Waals surface area contributed by atoms with Gasteiger partial charge in [-0.25, -0.2) is 9.78 Å². The molecule has 13 heteroatoms. The Hall–Kier alpha value is -3.74. The summed E-state index contributed by atoms with van der Waals surface area (Å²) in [4.78, 5) is 15.5. The van der Waals surface area contributed by atoms with Crippen LogP contribution >= 0.6 is 0 Å². The van der Waals surface area contributed by atoms with Crippen molar-refractivity contribution in [1.82, 2.24) is 30.3 Å². The normalized spacial score (nSPS) is 16.0. The Labute approximate surface area is 205 Å². The van der Waals surface area contributed by atoms with Crippen LogP contribution in [0, 0.1) is 0 Å². The van der Waals surface area contributed by atoms with E-state index in [1.54, 1.807) is 16.9 Å². The number of aromatic hydroxyl groups is 1. The van der Waals surface area contributed by atoms with Gasteiger partial charge >= 0.3 is 12.1 Å². The summed E-state index contributed by atoms with van der Waals surface area (Å²) in [5.74, 6) is -2.00. The van der Waals surface area contributed by atoms with Gasteiger partial charge in [-0.2, -0.15) is 18.3 Å². The molecule has 1 aliphatic rings. The molecule has 1 saturated heterocycles. The van der Waals surface area contributed by atoms with Crippen molar-refractivity contribution in [2.45, 2.75) is 44.9 Å². The number of halogens is 3. The molecule has 1 fully saturated rings. The predicted molar refractivity (Wildman–Crippen MR) is 126 cm³/mol. The van der Waals surface area contributed by atoms with Crippen LogP contribution in [0.1, 0.15) is 27.2 Å². The highest BCUT2D eigenvalue weighted by Gasteiger charge is 2.38. The number of phenolic OH excluding ortho intramolecular Hbond substituents is 1. The number of aliphatic carboxylic acids is 1. The van der Waals surface area contributed by atoms with Gasteiger partial charge in [0.05, 0.1) is 11.9 Å². The maximum Gasteiger partial charge on any atom is 0.490 e. The zero-order valence-corrected chi connectivity index (χ0v) is 20.3. The number of carbonyl (C=O) groups is 1. The number of carboxylic acids is 1. The third kappa shape index (κ3) is 7.13. The molecule has 0 aliphatic carbocycles. The molecule has 0 bridgehead atoms. The minimum Gasteiger partial charge on any atom is -0.507 e. The molecular formula is C23H28F3N7O3. The number of benzene rings is 1. The number of aryl methyl sites for hydroxylation is 1. The smallest absolute Gasteiger partial charge is 0.490 e. The van der Waals surface area contributed by atoms with E-state index in [0.717, 1.165) is 30.8 Å². The number of anilines is 1. The van der Waals surface area contributed by atoms with Crippen LogP contribution in [0.4, 0.5) is 19.1 Å². The topological polar surface area (TPSA) is 129 Å². The highest BCUT2D eigenvalue weighted by molar-refractivity contribution is 5.73. The first-order valence-electron chi connectivity index (χ1n) is 11.1. The van der Waals surface area contributed by atoms with Crippen LogP contribution in [-0.2, 0) is 11.8 Å². The second kappa shape index (κ2) is 10.5. The monoisotopic (exact) mass is 507 g/mol. The first kappa shape index (κ1) is 26.9. The van der Waals surface area contributed by atoms with Crippen LogP contribution in [0.3, 0.4) is 0 Å². The number of alkyl halides is 3. The lowest BCUT2D eigenvalue weighted by Gasteiger charge is -2.25. The number of nitrogens with one attached hydrogen (secondary N) is 1. The minimum absolute atomic E-state index is 0.0859. The maximum absolute atomic E-state index is 10.6. The van der Waals surface area contributed by atoms with Gasteiger partial charge in [-0.1, -0.05) is 6.07 Å². The third-order valence-electron chi connectivity index (χ3n) is 5.18. The first-order valence-corrected chi connectivity index (χ1v) is 11.1. The van der Waals surface area contributed by atoms with Gasteiger partial charge in [0, 0.05) is 49.0 Å². The van der Waals surface area contributed by atoms with Crippen molar-refractivity contribution in [2.75, 3.05) is 18.0 Å². The molecule has 10 nitrogen and oxygen atoms in total. The molecule has 1 aromatic carbocycles. The Morgan fingerprint density at radius 2 is 1.83 bits per heavy atom. The van der Waals surface area contributed by atoms with E-state index in [4.69, 9.17) is 9.90 Å². The fraction of sp³-hybridized carbons (Fsp3) is 0.435. The van der Waals surface area contributed by atoms with E-state index in [1.807, 2.05) is 31.4 Å². The summed E-state index contributed by atoms with van der Waals surface area (Å²) in [7, 11) is 1.86. The summed E-state index contributed by atoms with van der Waals surface area (Å²) >= 11 is 0. The Morgan fingerprint density at radius 3 is 2.33 bits per heavy atom. The maximum atomic E-state index is 10.6. The molecule has 1 aliphatic heterocycles. The van der Waals surface area contributed by atoms with Gasteiger partial charge < -0.3 is 20.4 Å². The molecular weight excluding hydrogens is 479 g/mol. The number of hydrogen-bond acceptors (Lipinski definition) is 8. The van der Waals surface area contributed by atoms with Crippen molar-refractivity contribution < 1.29 is 28.2 Å². The number of nitrogens with zero attached hydrogens (tertiary/aromatic N) is 6. The van der Waals surface area contributed by atoms with E-state index < -0.39 is 12.1 Å². The molecule has 0 spiro atoms. The standard InChI is InChI=1S/C21H27N7O.C2HF3O2/c1-21(2,3)23-15-7-10-28(13-15)20-22-12-18(24-25-20)16-6-5-14(11-19(16)29)17-8-9-27(4)26-17;3-2(4,5)1(6)7/h5-6,8-9,11-12,15,23,29H,7,10,13H2,1-4H3;(H,6,7). The molecule has 0 amide bonds. The summed E-state index contributed by atoms with van der Waals surface area (Å²) in [5.41, 5.74) is 2.88. The molecule has 36 heavy (non-hydrogen) atoms. The zero-order chi connectivity index (χ0) is 26.7. The molecule has 4 rings (SSSR count). The molecule has 1 atom stereocenters. The van der Waals surface area contributed by atoms with Gasteiger partial charge in [0.1, 0.15) is 11.4 Å². The number of hydrogen-bond donors (Lipinski definition) is 3. The zero-order valence-electron chi connectivity index (χ0n) is 20.3. The Morgan fingerprint density at radius 1 is 1.14 bits per heavy atom. The number of rotatable bonds is 4. The van der Waals surface area contributed by atoms with Gasteiger partial charge in [-0.05, 0) is 45.4 Å². The molecule has 194 valence electrons. The van der Waals surface area contributed by atoms with E-state index in [9.17, 15) is 18.3 Å². The third-order valence-corrected chi connectivity index (χ3v) is 5.18. The van der Waals surface area contributed by atoms with Crippen LogP contribution in [-0.4, -0.2) is 72.0 Å². The Bertz CT molecular complexity index is 1190. The summed E-state index contributed by atoms with van der Waals surface area (Å²) < 4.78 is 33.5. The van der Waals surface area contributed by atoms with E-state index in [-0.39, 0.29) is 11.3 Å². The molecule has 2 aromatic heterocycles. The van der Waals surface area contributed by atoms with Gasteiger partial charge in [-0.3, -0.25) is 4.68 Å². The fourth-order valence-corrected chi connectivity index (χ4v) is 3.69.